The summed E-state index contributed by atoms with van der Waals surface area (Å²) < 4.78 is 0. The number of rotatable bonds is 3. The summed E-state index contributed by atoms with van der Waals surface area (Å²) in [6, 6.07) is 0.695. The quantitative estimate of drug-likeness (QED) is 0.599. The van der Waals surface area contributed by atoms with Gasteiger partial charge in [0.05, 0.1) is 0 Å². The lowest BCUT2D eigenvalue weighted by Crippen LogP contribution is -2.49. The largest absolute Gasteiger partial charge is 0.306 e. The maximum absolute atomic E-state index is 2.43. The van der Waals surface area contributed by atoms with Gasteiger partial charge >= 0.3 is 0 Å². The Bertz CT molecular complexity index is 117. The molecule has 0 saturated carbocycles. The molecule has 66 valence electrons. The number of hydrogen-bond donors (Lipinski definition) is 0. The van der Waals surface area contributed by atoms with Gasteiger partial charge in [0, 0.05) is 25.7 Å². The summed E-state index contributed by atoms with van der Waals surface area (Å²) in [5.74, 6) is 0.924. The zero-order chi connectivity index (χ0) is 8.43. The van der Waals surface area contributed by atoms with Crippen molar-refractivity contribution < 1.29 is 0 Å². The number of likely N-dealkylation sites (tertiary alicyclic amines) is 1. The highest BCUT2D eigenvalue weighted by atomic mass is 15.2. The van der Waals surface area contributed by atoms with Gasteiger partial charge in [-0.05, 0) is 33.9 Å². The molecular formula is C9H20N2. The van der Waals surface area contributed by atoms with E-state index in [1.54, 1.807) is 0 Å². The van der Waals surface area contributed by atoms with E-state index in [9.17, 15) is 0 Å². The fourth-order valence-electron chi connectivity index (χ4n) is 1.56. The van der Waals surface area contributed by atoms with Gasteiger partial charge in [0.1, 0.15) is 0 Å². The molecule has 2 heteroatoms. The molecule has 2 nitrogen and oxygen atoms in total. The van der Waals surface area contributed by atoms with Crippen LogP contribution in [0, 0.1) is 5.92 Å². The van der Waals surface area contributed by atoms with Gasteiger partial charge in [0.25, 0.3) is 0 Å². The molecule has 0 bridgehead atoms. The molecule has 1 aliphatic rings. The molecule has 0 aromatic rings. The summed E-state index contributed by atoms with van der Waals surface area (Å²) >= 11 is 0. The zero-order valence-electron chi connectivity index (χ0n) is 8.17. The third kappa shape index (κ3) is 2.46. The Balaban J connectivity index is 2.11. The third-order valence-electron chi connectivity index (χ3n) is 2.57. The molecule has 0 aromatic heterocycles. The van der Waals surface area contributed by atoms with E-state index in [1.807, 2.05) is 0 Å². The Kier molecular flexibility index (Phi) is 2.90. The van der Waals surface area contributed by atoms with Crippen molar-refractivity contribution in [3.8, 4) is 0 Å². The Hall–Kier alpha value is -0.0800. The first-order valence-electron chi connectivity index (χ1n) is 4.48. The molecule has 0 radical (unpaired) electrons. The number of nitrogens with zero attached hydrogens (tertiary/aromatic N) is 2. The first-order valence-corrected chi connectivity index (χ1v) is 4.48. The van der Waals surface area contributed by atoms with Crippen molar-refractivity contribution in [2.45, 2.75) is 19.9 Å². The predicted octanol–water partition coefficient (Wildman–Crippen LogP) is 0.888. The average molecular weight is 156 g/mol. The van der Waals surface area contributed by atoms with Crippen LogP contribution < -0.4 is 0 Å². The summed E-state index contributed by atoms with van der Waals surface area (Å²) in [4.78, 5) is 4.80. The van der Waals surface area contributed by atoms with Crippen molar-refractivity contribution in [3.05, 3.63) is 0 Å². The highest BCUT2D eigenvalue weighted by Gasteiger charge is 2.24. The summed E-state index contributed by atoms with van der Waals surface area (Å²) in [5, 5.41) is 0. The third-order valence-corrected chi connectivity index (χ3v) is 2.57. The Morgan fingerprint density at radius 3 is 2.36 bits per heavy atom. The molecule has 11 heavy (non-hydrogen) atoms. The van der Waals surface area contributed by atoms with Gasteiger partial charge in [-0.25, -0.2) is 0 Å². The second-order valence-electron chi connectivity index (χ2n) is 4.12. The summed E-state index contributed by atoms with van der Waals surface area (Å²) in [6.45, 7) is 8.35. The second-order valence-corrected chi connectivity index (χ2v) is 4.12. The van der Waals surface area contributed by atoms with E-state index >= 15 is 0 Å². The molecular weight excluding hydrogens is 136 g/mol. The minimum absolute atomic E-state index is 0.695. The van der Waals surface area contributed by atoms with E-state index in [1.165, 1.54) is 19.6 Å². The minimum atomic E-state index is 0.695. The SMILES string of the molecule is CC(C)N(C)CC1CN(C)C1. The van der Waals surface area contributed by atoms with Crippen molar-refractivity contribution in [1.29, 1.82) is 0 Å². The Morgan fingerprint density at radius 2 is 2.00 bits per heavy atom. The van der Waals surface area contributed by atoms with Gasteiger partial charge in [0.15, 0.2) is 0 Å². The van der Waals surface area contributed by atoms with Crippen LogP contribution in [0.1, 0.15) is 13.8 Å². The van der Waals surface area contributed by atoms with Gasteiger partial charge in [-0.2, -0.15) is 0 Å². The monoisotopic (exact) mass is 156 g/mol. The lowest BCUT2D eigenvalue weighted by Gasteiger charge is -2.39. The minimum Gasteiger partial charge on any atom is -0.306 e. The maximum atomic E-state index is 2.43. The van der Waals surface area contributed by atoms with Crippen LogP contribution in [0.5, 0.6) is 0 Å². The molecule has 0 unspecified atom stereocenters. The Labute approximate surface area is 70.2 Å². The molecule has 1 rings (SSSR count). The summed E-state index contributed by atoms with van der Waals surface area (Å²) in [5.41, 5.74) is 0. The topological polar surface area (TPSA) is 6.48 Å². The van der Waals surface area contributed by atoms with E-state index in [4.69, 9.17) is 0 Å². The molecule has 0 spiro atoms. The molecule has 0 aliphatic carbocycles. The van der Waals surface area contributed by atoms with E-state index in [-0.39, 0.29) is 0 Å². The maximum Gasteiger partial charge on any atom is 0.00356 e. The van der Waals surface area contributed by atoms with Crippen LogP contribution in [-0.2, 0) is 0 Å². The zero-order valence-corrected chi connectivity index (χ0v) is 8.17. The van der Waals surface area contributed by atoms with Gasteiger partial charge in [-0.15, -0.1) is 0 Å². The lowest BCUT2D eigenvalue weighted by molar-refractivity contribution is 0.0902. The lowest BCUT2D eigenvalue weighted by atomic mass is 10.0. The fourth-order valence-corrected chi connectivity index (χ4v) is 1.56. The molecule has 1 saturated heterocycles. The van der Waals surface area contributed by atoms with Crippen LogP contribution in [0.25, 0.3) is 0 Å². The molecule has 0 aromatic carbocycles. The van der Waals surface area contributed by atoms with Gasteiger partial charge < -0.3 is 9.80 Å². The molecule has 1 fully saturated rings. The molecule has 0 amide bonds. The summed E-state index contributed by atoms with van der Waals surface area (Å²) in [6.07, 6.45) is 0. The van der Waals surface area contributed by atoms with Crippen LogP contribution in [0.15, 0.2) is 0 Å². The highest BCUT2D eigenvalue weighted by molar-refractivity contribution is 4.79. The molecule has 0 atom stereocenters. The van der Waals surface area contributed by atoms with Crippen LogP contribution >= 0.6 is 0 Å². The Morgan fingerprint density at radius 1 is 1.45 bits per heavy atom. The van der Waals surface area contributed by atoms with Crippen molar-refractivity contribution in [1.82, 2.24) is 9.80 Å². The summed E-state index contributed by atoms with van der Waals surface area (Å²) in [7, 11) is 4.40. The van der Waals surface area contributed by atoms with E-state index in [2.05, 4.69) is 37.7 Å². The van der Waals surface area contributed by atoms with Crippen molar-refractivity contribution in [3.63, 3.8) is 0 Å². The van der Waals surface area contributed by atoms with Gasteiger partial charge in [0.2, 0.25) is 0 Å². The van der Waals surface area contributed by atoms with Crippen LogP contribution in [0.2, 0.25) is 0 Å². The number of hydrogen-bond acceptors (Lipinski definition) is 2. The average Bonchev–Trinajstić information content (AvgIpc) is 1.84. The van der Waals surface area contributed by atoms with Crippen LogP contribution in [0.3, 0.4) is 0 Å². The van der Waals surface area contributed by atoms with E-state index < -0.39 is 0 Å². The van der Waals surface area contributed by atoms with Gasteiger partial charge in [-0.1, -0.05) is 0 Å². The first kappa shape index (κ1) is 9.01. The second kappa shape index (κ2) is 3.55. The molecule has 0 N–H and O–H groups in total. The highest BCUT2D eigenvalue weighted by Crippen LogP contribution is 2.14. The van der Waals surface area contributed by atoms with Crippen molar-refractivity contribution >= 4 is 0 Å². The first-order chi connectivity index (χ1) is 5.09. The van der Waals surface area contributed by atoms with Crippen molar-refractivity contribution in [2.75, 3.05) is 33.7 Å². The smallest absolute Gasteiger partial charge is 0.00356 e. The van der Waals surface area contributed by atoms with Gasteiger partial charge in [-0.3, -0.25) is 0 Å². The van der Waals surface area contributed by atoms with E-state index in [0.29, 0.717) is 6.04 Å². The van der Waals surface area contributed by atoms with E-state index in [0.717, 1.165) is 5.92 Å². The van der Waals surface area contributed by atoms with Crippen LogP contribution in [0.4, 0.5) is 0 Å². The fraction of sp³-hybridized carbons (Fsp3) is 1.00. The predicted molar refractivity (Wildman–Crippen MR) is 48.8 cm³/mol. The normalized spacial score (nSPS) is 21.3. The molecule has 1 heterocycles. The standard InChI is InChI=1S/C9H20N2/c1-8(2)11(4)7-9-5-10(3)6-9/h8-9H,5-7H2,1-4H3. The van der Waals surface area contributed by atoms with Crippen LogP contribution in [-0.4, -0.2) is 49.6 Å². The molecule has 1 aliphatic heterocycles. The van der Waals surface area contributed by atoms with Crippen molar-refractivity contribution in [2.24, 2.45) is 5.92 Å².